The predicted octanol–water partition coefficient (Wildman–Crippen LogP) is 2.38. The van der Waals surface area contributed by atoms with Crippen LogP contribution in [0.25, 0.3) is 11.5 Å². The summed E-state index contributed by atoms with van der Waals surface area (Å²) in [6, 6.07) is 16.3. The zero-order valence-corrected chi connectivity index (χ0v) is 15.3. The van der Waals surface area contributed by atoms with Gasteiger partial charge in [-0.15, -0.1) is 0 Å². The van der Waals surface area contributed by atoms with Crippen molar-refractivity contribution in [2.24, 2.45) is 11.8 Å². The van der Waals surface area contributed by atoms with Crippen LogP contribution in [-0.4, -0.2) is 46.9 Å². The van der Waals surface area contributed by atoms with Crippen LogP contribution in [-0.2, 0) is 5.54 Å². The van der Waals surface area contributed by atoms with Crippen LogP contribution in [0.15, 0.2) is 59.1 Å². The van der Waals surface area contributed by atoms with Gasteiger partial charge in [0.1, 0.15) is 11.5 Å². The van der Waals surface area contributed by atoms with Gasteiger partial charge in [-0.25, -0.2) is 0 Å². The van der Waals surface area contributed by atoms with E-state index in [1.54, 1.807) is 6.20 Å². The average Bonchev–Trinajstić information content (AvgIpc) is 3.46. The monoisotopic (exact) mass is 364 g/mol. The van der Waals surface area contributed by atoms with E-state index in [1.165, 1.54) is 0 Å². The Labute approximate surface area is 158 Å². The zero-order chi connectivity index (χ0) is 18.4. The number of H-pyrrole nitrogens is 1. The van der Waals surface area contributed by atoms with Crippen molar-refractivity contribution in [3.63, 3.8) is 0 Å². The number of rotatable bonds is 4. The molecule has 0 unspecified atom stereocenters. The third-order valence-electron chi connectivity index (χ3n) is 6.26. The molecule has 2 aliphatic heterocycles. The predicted molar refractivity (Wildman–Crippen MR) is 102 cm³/mol. The van der Waals surface area contributed by atoms with E-state index in [4.69, 9.17) is 4.42 Å². The van der Waals surface area contributed by atoms with E-state index in [0.29, 0.717) is 11.8 Å². The molecule has 0 spiro atoms. The Hall–Kier alpha value is -2.41. The third kappa shape index (κ3) is 2.56. The largest absolute Gasteiger partial charge is 0.458 e. The maximum Gasteiger partial charge on any atom is 0.152 e. The van der Waals surface area contributed by atoms with Gasteiger partial charge in [-0.05, 0) is 30.8 Å². The summed E-state index contributed by atoms with van der Waals surface area (Å²) in [5, 5.41) is 21.2. The summed E-state index contributed by atoms with van der Waals surface area (Å²) >= 11 is 0. The van der Waals surface area contributed by atoms with Crippen LogP contribution in [0, 0.1) is 11.8 Å². The first-order valence-corrected chi connectivity index (χ1v) is 9.43. The maximum atomic E-state index is 10.5. The summed E-state index contributed by atoms with van der Waals surface area (Å²) < 4.78 is 6.20. The molecular formula is C21H24N4O2. The number of benzene rings is 1. The van der Waals surface area contributed by atoms with Gasteiger partial charge in [-0.1, -0.05) is 30.3 Å². The Kier molecular flexibility index (Phi) is 3.93. The molecule has 2 saturated heterocycles. The van der Waals surface area contributed by atoms with Gasteiger partial charge in [0.25, 0.3) is 0 Å². The molecule has 0 radical (unpaired) electrons. The van der Waals surface area contributed by atoms with E-state index in [1.807, 2.05) is 36.4 Å². The van der Waals surface area contributed by atoms with Crippen molar-refractivity contribution in [1.29, 1.82) is 0 Å². The molecule has 140 valence electrons. The van der Waals surface area contributed by atoms with Crippen LogP contribution in [0.4, 0.5) is 0 Å². The summed E-state index contributed by atoms with van der Waals surface area (Å²) in [5.41, 5.74) is 1.55. The molecule has 2 fully saturated rings. The molecule has 2 aliphatic rings. The van der Waals surface area contributed by atoms with Gasteiger partial charge in [0.05, 0.1) is 18.2 Å². The van der Waals surface area contributed by atoms with Crippen molar-refractivity contribution in [3.05, 3.63) is 66.1 Å². The Morgan fingerprint density at radius 2 is 2.04 bits per heavy atom. The summed E-state index contributed by atoms with van der Waals surface area (Å²) in [7, 11) is 2.15. The van der Waals surface area contributed by atoms with Crippen LogP contribution in [0.3, 0.4) is 0 Å². The molecule has 0 aliphatic carbocycles. The minimum atomic E-state index is -0.456. The Morgan fingerprint density at radius 3 is 2.78 bits per heavy atom. The van der Waals surface area contributed by atoms with Gasteiger partial charge < -0.3 is 14.4 Å². The Morgan fingerprint density at radius 1 is 1.19 bits per heavy atom. The smallest absolute Gasteiger partial charge is 0.152 e. The summed E-state index contributed by atoms with van der Waals surface area (Å²) in [6.07, 6.45) is 1.72. The number of nitrogens with one attached hydrogen (secondary N) is 2. The molecule has 0 amide bonds. The van der Waals surface area contributed by atoms with Crippen LogP contribution < -0.4 is 5.32 Å². The maximum absolute atomic E-state index is 10.5. The lowest BCUT2D eigenvalue weighted by Gasteiger charge is -2.34. The highest BCUT2D eigenvalue weighted by Crippen LogP contribution is 2.51. The first kappa shape index (κ1) is 16.7. The molecular weight excluding hydrogens is 340 g/mol. The van der Waals surface area contributed by atoms with Crippen molar-refractivity contribution in [3.8, 4) is 11.5 Å². The Balaban J connectivity index is 1.54. The highest BCUT2D eigenvalue weighted by molar-refractivity contribution is 5.51. The second-order valence-electron chi connectivity index (χ2n) is 7.78. The number of furan rings is 1. The van der Waals surface area contributed by atoms with Crippen molar-refractivity contribution in [2.45, 2.75) is 11.6 Å². The summed E-state index contributed by atoms with van der Waals surface area (Å²) in [6.45, 7) is 2.01. The number of aliphatic hydroxyl groups excluding tert-OH is 1. The molecule has 3 N–H and O–H groups in total. The molecule has 1 aromatic carbocycles. The summed E-state index contributed by atoms with van der Waals surface area (Å²) in [5.74, 6) is 2.40. The first-order chi connectivity index (χ1) is 13.2. The van der Waals surface area contributed by atoms with Crippen molar-refractivity contribution >= 4 is 0 Å². The fraction of sp³-hybridized carbons (Fsp3) is 0.381. The molecule has 3 aromatic rings. The number of aromatic amines is 1. The van der Waals surface area contributed by atoms with Gasteiger partial charge in [0.2, 0.25) is 0 Å². The first-order valence-electron chi connectivity index (χ1n) is 9.43. The average molecular weight is 364 g/mol. The normalized spacial score (nSPS) is 30.7. The van der Waals surface area contributed by atoms with E-state index < -0.39 is 5.54 Å². The van der Waals surface area contributed by atoms with Crippen LogP contribution in [0.1, 0.15) is 17.4 Å². The van der Waals surface area contributed by atoms with Gasteiger partial charge in [-0.2, -0.15) is 5.10 Å². The van der Waals surface area contributed by atoms with Gasteiger partial charge in [0, 0.05) is 31.1 Å². The quantitative estimate of drug-likeness (QED) is 0.663. The van der Waals surface area contributed by atoms with Crippen LogP contribution in [0.5, 0.6) is 0 Å². The lowest BCUT2D eigenvalue weighted by atomic mass is 9.77. The van der Waals surface area contributed by atoms with Gasteiger partial charge in [0.15, 0.2) is 5.76 Å². The van der Waals surface area contributed by atoms with E-state index in [-0.39, 0.29) is 12.6 Å². The lowest BCUT2D eigenvalue weighted by molar-refractivity contribution is 0.128. The molecule has 0 saturated carbocycles. The van der Waals surface area contributed by atoms with E-state index in [9.17, 15) is 5.11 Å². The molecule has 27 heavy (non-hydrogen) atoms. The van der Waals surface area contributed by atoms with E-state index >= 15 is 0 Å². The highest BCUT2D eigenvalue weighted by Gasteiger charge is 2.57. The number of aromatic nitrogens is 2. The number of fused-ring (bicyclic) bond motifs is 1. The molecule has 0 bridgehead atoms. The standard InChI is InChI=1S/C21H24N4O2/c1-25-11-15-16(12-25)21(13-26,14-5-3-2-4-6-14)23-20(15)19-8-7-18(27-19)17-9-10-22-24-17/h2-10,15-16,20,23,26H,11-13H2,1H3,(H,22,24)/t15-,16+,20+,21-/m0/s1. The van der Waals surface area contributed by atoms with Crippen LogP contribution >= 0.6 is 0 Å². The SMILES string of the molecule is CN1C[C@H]2[C@@H](C1)[C@](CO)(c1ccccc1)N[C@H]2c1ccc(-c2ccn[nH]2)o1. The fourth-order valence-corrected chi connectivity index (χ4v) is 5.01. The van der Waals surface area contributed by atoms with E-state index in [0.717, 1.165) is 35.9 Å². The number of nitrogens with zero attached hydrogens (tertiary/aromatic N) is 2. The highest BCUT2D eigenvalue weighted by atomic mass is 16.3. The molecule has 6 nitrogen and oxygen atoms in total. The van der Waals surface area contributed by atoms with Gasteiger partial charge >= 0.3 is 0 Å². The van der Waals surface area contributed by atoms with Crippen LogP contribution in [0.2, 0.25) is 0 Å². The number of hydrogen-bond acceptors (Lipinski definition) is 5. The van der Waals surface area contributed by atoms with Crippen molar-refractivity contribution < 1.29 is 9.52 Å². The number of aliphatic hydroxyl groups is 1. The number of hydrogen-bond donors (Lipinski definition) is 3. The topological polar surface area (TPSA) is 77.3 Å². The molecule has 5 rings (SSSR count). The molecule has 4 heterocycles. The second-order valence-corrected chi connectivity index (χ2v) is 7.78. The van der Waals surface area contributed by atoms with Crippen molar-refractivity contribution in [2.75, 3.05) is 26.7 Å². The molecule has 4 atom stereocenters. The number of likely N-dealkylation sites (tertiary alicyclic amines) is 1. The minimum absolute atomic E-state index is 0.0592. The second kappa shape index (κ2) is 6.34. The minimum Gasteiger partial charge on any atom is -0.458 e. The fourth-order valence-electron chi connectivity index (χ4n) is 5.01. The zero-order valence-electron chi connectivity index (χ0n) is 15.3. The lowest BCUT2D eigenvalue weighted by Crippen LogP contribution is -2.47. The summed E-state index contributed by atoms with van der Waals surface area (Å²) in [4.78, 5) is 2.36. The van der Waals surface area contributed by atoms with E-state index in [2.05, 4.69) is 39.6 Å². The Bertz CT molecular complexity index is 907. The third-order valence-corrected chi connectivity index (χ3v) is 6.26. The molecule has 6 heteroatoms. The van der Waals surface area contributed by atoms with Gasteiger partial charge in [-0.3, -0.25) is 10.4 Å². The van der Waals surface area contributed by atoms with Crippen molar-refractivity contribution in [1.82, 2.24) is 20.4 Å². The molecule has 2 aromatic heterocycles.